The van der Waals surface area contributed by atoms with Crippen LogP contribution in [0.25, 0.3) is 0 Å². The second-order valence-corrected chi connectivity index (χ2v) is 6.82. The number of nitrogens with one attached hydrogen (secondary N) is 1. The molecule has 0 bridgehead atoms. The van der Waals surface area contributed by atoms with Gasteiger partial charge in [0.25, 0.3) is 0 Å². The maximum atomic E-state index is 13.8. The number of urea groups is 1. The summed E-state index contributed by atoms with van der Waals surface area (Å²) in [7, 11) is 1.83. The van der Waals surface area contributed by atoms with E-state index in [1.165, 1.54) is 6.07 Å². The molecule has 2 N–H and O–H groups in total. The lowest BCUT2D eigenvalue weighted by molar-refractivity contribution is 0.132. The van der Waals surface area contributed by atoms with Crippen LogP contribution in [0.15, 0.2) is 18.2 Å². The Hall–Kier alpha value is -1.62. The van der Waals surface area contributed by atoms with E-state index in [1.54, 1.807) is 11.0 Å². The molecule has 3 rings (SSSR count). The molecule has 0 heterocycles. The minimum absolute atomic E-state index is 0.0837. The Kier molecular flexibility index (Phi) is 4.85. The molecule has 2 aliphatic rings. The van der Waals surface area contributed by atoms with Gasteiger partial charge in [0.05, 0.1) is 6.04 Å². The Balaban J connectivity index is 1.59. The number of hydrogen-bond donors (Lipinski definition) is 2. The second-order valence-electron chi connectivity index (χ2n) is 6.82. The smallest absolute Gasteiger partial charge is 0.317 e. The number of benzene rings is 1. The van der Waals surface area contributed by atoms with Gasteiger partial charge < -0.3 is 15.3 Å². The zero-order chi connectivity index (χ0) is 16.4. The van der Waals surface area contributed by atoms with E-state index in [1.807, 2.05) is 13.1 Å². The van der Waals surface area contributed by atoms with Gasteiger partial charge in [-0.05, 0) is 61.6 Å². The van der Waals surface area contributed by atoms with E-state index < -0.39 is 0 Å². The van der Waals surface area contributed by atoms with Gasteiger partial charge in [0.15, 0.2) is 0 Å². The molecule has 4 nitrogen and oxygen atoms in total. The molecule has 1 fully saturated rings. The van der Waals surface area contributed by atoms with Gasteiger partial charge in [0, 0.05) is 19.7 Å². The molecule has 23 heavy (non-hydrogen) atoms. The predicted molar refractivity (Wildman–Crippen MR) is 86.6 cm³/mol. The first-order valence-electron chi connectivity index (χ1n) is 8.51. The number of carbonyl (C=O) groups is 1. The number of nitrogens with zero attached hydrogens (tertiary/aromatic N) is 1. The summed E-state index contributed by atoms with van der Waals surface area (Å²) in [6.07, 6.45) is 5.24. The van der Waals surface area contributed by atoms with Crippen molar-refractivity contribution in [2.75, 3.05) is 13.7 Å². The number of aliphatic hydroxyl groups excluding tert-OH is 1. The van der Waals surface area contributed by atoms with Gasteiger partial charge in [-0.1, -0.05) is 12.1 Å². The number of hydrogen-bond acceptors (Lipinski definition) is 2. The molecule has 1 aromatic carbocycles. The molecule has 0 aliphatic heterocycles. The Morgan fingerprint density at radius 1 is 1.30 bits per heavy atom. The lowest BCUT2D eigenvalue weighted by Gasteiger charge is -2.34. The van der Waals surface area contributed by atoms with Crippen molar-refractivity contribution in [3.05, 3.63) is 35.1 Å². The fourth-order valence-electron chi connectivity index (χ4n) is 3.89. The average molecular weight is 320 g/mol. The number of halogens is 1. The van der Waals surface area contributed by atoms with Crippen molar-refractivity contribution in [2.45, 2.75) is 50.6 Å². The highest BCUT2D eigenvalue weighted by Gasteiger charge is 2.30. The van der Waals surface area contributed by atoms with Gasteiger partial charge >= 0.3 is 6.03 Å². The average Bonchev–Trinajstić information content (AvgIpc) is 2.98. The van der Waals surface area contributed by atoms with Crippen LogP contribution < -0.4 is 5.32 Å². The fraction of sp³-hybridized carbons (Fsp3) is 0.611. The van der Waals surface area contributed by atoms with E-state index in [-0.39, 0.29) is 30.5 Å². The van der Waals surface area contributed by atoms with Gasteiger partial charge in [-0.15, -0.1) is 0 Å². The maximum Gasteiger partial charge on any atom is 0.317 e. The van der Waals surface area contributed by atoms with E-state index in [4.69, 9.17) is 0 Å². The SMILES string of the molecule is CN(C(=O)NC1CCc2c(F)cccc21)C1CCC(CO)CC1. The van der Waals surface area contributed by atoms with E-state index in [9.17, 15) is 14.3 Å². The van der Waals surface area contributed by atoms with Crippen LogP contribution in [0.2, 0.25) is 0 Å². The maximum absolute atomic E-state index is 13.8. The molecule has 0 aromatic heterocycles. The minimum Gasteiger partial charge on any atom is -0.396 e. The third kappa shape index (κ3) is 3.34. The fourth-order valence-corrected chi connectivity index (χ4v) is 3.89. The van der Waals surface area contributed by atoms with Gasteiger partial charge in [0.2, 0.25) is 0 Å². The molecule has 0 spiro atoms. The molecule has 5 heteroatoms. The van der Waals surface area contributed by atoms with Crippen LogP contribution in [-0.4, -0.2) is 35.7 Å². The largest absolute Gasteiger partial charge is 0.396 e. The summed E-state index contributed by atoms with van der Waals surface area (Å²) in [4.78, 5) is 14.3. The van der Waals surface area contributed by atoms with Gasteiger partial charge in [-0.3, -0.25) is 0 Å². The van der Waals surface area contributed by atoms with Gasteiger partial charge in [-0.25, -0.2) is 9.18 Å². The van der Waals surface area contributed by atoms with Crippen molar-refractivity contribution < 1.29 is 14.3 Å². The quantitative estimate of drug-likeness (QED) is 0.899. The zero-order valence-electron chi connectivity index (χ0n) is 13.6. The molecule has 2 amide bonds. The third-order valence-corrected chi connectivity index (χ3v) is 5.45. The van der Waals surface area contributed by atoms with Crippen LogP contribution >= 0.6 is 0 Å². The highest BCUT2D eigenvalue weighted by Crippen LogP contribution is 2.33. The van der Waals surface area contributed by atoms with Gasteiger partial charge in [0.1, 0.15) is 5.82 Å². The number of fused-ring (bicyclic) bond motifs is 1. The lowest BCUT2D eigenvalue weighted by atomic mass is 9.86. The molecular formula is C18H25FN2O2. The zero-order valence-corrected chi connectivity index (χ0v) is 13.6. The molecular weight excluding hydrogens is 295 g/mol. The van der Waals surface area contributed by atoms with E-state index in [0.717, 1.165) is 43.2 Å². The van der Waals surface area contributed by atoms with Crippen molar-refractivity contribution >= 4 is 6.03 Å². The van der Waals surface area contributed by atoms with E-state index in [2.05, 4.69) is 5.32 Å². The first-order valence-corrected chi connectivity index (χ1v) is 8.51. The number of carbonyl (C=O) groups excluding carboxylic acids is 1. The summed E-state index contributed by atoms with van der Waals surface area (Å²) < 4.78 is 13.8. The first-order chi connectivity index (χ1) is 11.1. The molecule has 1 saturated carbocycles. The Morgan fingerprint density at radius 2 is 2.04 bits per heavy atom. The van der Waals surface area contributed by atoms with Crippen molar-refractivity contribution in [2.24, 2.45) is 5.92 Å². The Bertz CT molecular complexity index is 570. The standard InChI is InChI=1S/C18H25FN2O2/c1-21(13-7-5-12(11-22)6-8-13)18(23)20-17-10-9-14-15(17)3-2-4-16(14)19/h2-4,12-13,17,22H,5-11H2,1H3,(H,20,23). The number of rotatable bonds is 3. The first kappa shape index (κ1) is 16.2. The van der Waals surface area contributed by atoms with Crippen LogP contribution in [0, 0.1) is 11.7 Å². The molecule has 0 saturated heterocycles. The monoisotopic (exact) mass is 320 g/mol. The Morgan fingerprint density at radius 3 is 2.74 bits per heavy atom. The van der Waals surface area contributed by atoms with Crippen LogP contribution in [0.4, 0.5) is 9.18 Å². The summed E-state index contributed by atoms with van der Waals surface area (Å²) in [5, 5.41) is 12.3. The van der Waals surface area contributed by atoms with Crippen LogP contribution in [0.1, 0.15) is 49.3 Å². The predicted octanol–water partition coefficient (Wildman–Crippen LogP) is 3.01. The Labute approximate surface area is 136 Å². The highest BCUT2D eigenvalue weighted by molar-refractivity contribution is 5.75. The molecule has 2 aliphatic carbocycles. The summed E-state index contributed by atoms with van der Waals surface area (Å²) >= 11 is 0. The number of aliphatic hydroxyl groups is 1. The molecule has 0 radical (unpaired) electrons. The normalized spacial score (nSPS) is 26.7. The van der Waals surface area contributed by atoms with Crippen molar-refractivity contribution in [3.8, 4) is 0 Å². The van der Waals surface area contributed by atoms with Crippen molar-refractivity contribution in [1.82, 2.24) is 10.2 Å². The van der Waals surface area contributed by atoms with Crippen molar-refractivity contribution in [3.63, 3.8) is 0 Å². The summed E-state index contributed by atoms with van der Waals surface area (Å²) in [6.45, 7) is 0.243. The van der Waals surface area contributed by atoms with Gasteiger partial charge in [-0.2, -0.15) is 0 Å². The minimum atomic E-state index is -0.171. The van der Waals surface area contributed by atoms with E-state index in [0.29, 0.717) is 12.3 Å². The summed E-state index contributed by atoms with van der Waals surface area (Å²) in [5.74, 6) is 0.210. The third-order valence-electron chi connectivity index (χ3n) is 5.45. The molecule has 1 aromatic rings. The summed E-state index contributed by atoms with van der Waals surface area (Å²) in [5.41, 5.74) is 1.65. The number of amides is 2. The van der Waals surface area contributed by atoms with Crippen molar-refractivity contribution in [1.29, 1.82) is 0 Å². The van der Waals surface area contributed by atoms with Crippen LogP contribution in [0.3, 0.4) is 0 Å². The van der Waals surface area contributed by atoms with E-state index >= 15 is 0 Å². The topological polar surface area (TPSA) is 52.6 Å². The molecule has 1 unspecified atom stereocenters. The van der Waals surface area contributed by atoms with Crippen LogP contribution in [0.5, 0.6) is 0 Å². The highest BCUT2D eigenvalue weighted by atomic mass is 19.1. The second kappa shape index (κ2) is 6.87. The summed E-state index contributed by atoms with van der Waals surface area (Å²) in [6, 6.07) is 5.14. The molecule has 126 valence electrons. The lowest BCUT2D eigenvalue weighted by Crippen LogP contribution is -2.46. The molecule has 1 atom stereocenters. The van der Waals surface area contributed by atoms with Crippen LogP contribution in [-0.2, 0) is 6.42 Å².